The number of esters is 1. The smallest absolute Gasteiger partial charge is 0.343 e. The Bertz CT molecular complexity index is 1060. The first-order valence-corrected chi connectivity index (χ1v) is 8.45. The van der Waals surface area contributed by atoms with Gasteiger partial charge in [0, 0.05) is 18.8 Å². The third-order valence-electron chi connectivity index (χ3n) is 4.28. The van der Waals surface area contributed by atoms with Crippen LogP contribution in [-0.2, 0) is 17.7 Å². The van der Waals surface area contributed by atoms with Crippen LogP contribution in [0.2, 0.25) is 0 Å². The van der Waals surface area contributed by atoms with E-state index in [1.54, 1.807) is 6.92 Å². The topological polar surface area (TPSA) is 74.3 Å². The van der Waals surface area contributed by atoms with Crippen molar-refractivity contribution in [3.8, 4) is 0 Å². The van der Waals surface area contributed by atoms with Crippen molar-refractivity contribution in [1.29, 1.82) is 0 Å². The number of nitrogen functional groups attached to an aromatic ring is 1. The lowest BCUT2D eigenvalue weighted by molar-refractivity contribution is 0.0524. The van der Waals surface area contributed by atoms with Crippen molar-refractivity contribution in [2.45, 2.75) is 19.9 Å². The van der Waals surface area contributed by atoms with Crippen LogP contribution in [-0.4, -0.2) is 17.1 Å². The molecule has 2 aromatic carbocycles. The van der Waals surface area contributed by atoms with Crippen LogP contribution in [0, 0.1) is 11.6 Å². The molecule has 1 aromatic heterocycles. The van der Waals surface area contributed by atoms with Gasteiger partial charge in [-0.3, -0.25) is 4.79 Å². The summed E-state index contributed by atoms with van der Waals surface area (Å²) in [6.45, 7) is 2.02. The van der Waals surface area contributed by atoms with Crippen molar-refractivity contribution in [3.05, 3.63) is 75.6 Å². The van der Waals surface area contributed by atoms with Gasteiger partial charge in [-0.05, 0) is 18.9 Å². The Balaban J connectivity index is 2.19. The Kier molecular flexibility index (Phi) is 5.21. The molecule has 0 amide bonds. The Hall–Kier alpha value is -3.22. The summed E-state index contributed by atoms with van der Waals surface area (Å²) >= 11 is 0. The number of pyridine rings is 1. The van der Waals surface area contributed by atoms with Gasteiger partial charge >= 0.3 is 5.97 Å². The minimum atomic E-state index is -1.31. The maximum absolute atomic E-state index is 13.9. The summed E-state index contributed by atoms with van der Waals surface area (Å²) < 4.78 is 34.3. The summed E-state index contributed by atoms with van der Waals surface area (Å²) in [4.78, 5) is 24.8. The molecule has 0 atom stereocenters. The third-order valence-corrected chi connectivity index (χ3v) is 4.28. The molecular weight excluding hydrogens is 354 g/mol. The molecule has 0 aliphatic carbocycles. The summed E-state index contributed by atoms with van der Waals surface area (Å²) in [5, 5.41) is -0.229. The molecule has 2 N–H and O–H groups in total. The number of hydrogen-bond donors (Lipinski definition) is 1. The average molecular weight is 372 g/mol. The number of halogens is 2. The first-order valence-electron chi connectivity index (χ1n) is 8.45. The highest BCUT2D eigenvalue weighted by atomic mass is 19.2. The molecule has 7 heteroatoms. The Morgan fingerprint density at radius 2 is 1.93 bits per heavy atom. The predicted molar refractivity (Wildman–Crippen MR) is 98.6 cm³/mol. The van der Waals surface area contributed by atoms with Crippen molar-refractivity contribution in [1.82, 2.24) is 4.57 Å². The van der Waals surface area contributed by atoms with Crippen molar-refractivity contribution >= 4 is 22.6 Å². The number of nitrogens with zero attached hydrogens (tertiary/aromatic N) is 1. The molecule has 5 nitrogen and oxygen atoms in total. The van der Waals surface area contributed by atoms with Crippen LogP contribution in [0.25, 0.3) is 10.9 Å². The second-order valence-electron chi connectivity index (χ2n) is 6.00. The summed E-state index contributed by atoms with van der Waals surface area (Å²) in [6.07, 6.45) is 1.86. The molecular formula is C20H18F2N2O3. The minimum absolute atomic E-state index is 0.0770. The fourth-order valence-corrected chi connectivity index (χ4v) is 2.95. The molecule has 140 valence electrons. The fraction of sp³-hybridized carbons (Fsp3) is 0.200. The molecule has 0 saturated carbocycles. The number of carbonyl (C=O) groups excluding carboxylic acids is 1. The van der Waals surface area contributed by atoms with Crippen molar-refractivity contribution in [2.24, 2.45) is 0 Å². The molecule has 0 aliphatic heterocycles. The molecule has 0 fully saturated rings. The maximum atomic E-state index is 13.9. The van der Waals surface area contributed by atoms with E-state index < -0.39 is 28.7 Å². The number of fused-ring (bicyclic) bond motifs is 1. The fourth-order valence-electron chi connectivity index (χ4n) is 2.95. The summed E-state index contributed by atoms with van der Waals surface area (Å²) in [7, 11) is 0. The molecule has 0 spiro atoms. The molecule has 0 saturated heterocycles. The van der Waals surface area contributed by atoms with Gasteiger partial charge in [-0.25, -0.2) is 13.6 Å². The normalized spacial score (nSPS) is 10.9. The lowest BCUT2D eigenvalue weighted by atomic mass is 10.1. The highest BCUT2D eigenvalue weighted by molar-refractivity contribution is 5.98. The predicted octanol–water partition coefficient (Wildman–Crippen LogP) is 3.28. The number of carbonyl (C=O) groups is 1. The number of aryl methyl sites for hydroxylation is 2. The van der Waals surface area contributed by atoms with Gasteiger partial charge < -0.3 is 15.0 Å². The van der Waals surface area contributed by atoms with Gasteiger partial charge in [0.25, 0.3) is 0 Å². The highest BCUT2D eigenvalue weighted by Crippen LogP contribution is 2.25. The third kappa shape index (κ3) is 3.53. The van der Waals surface area contributed by atoms with E-state index in [9.17, 15) is 18.4 Å². The first kappa shape index (κ1) is 18.6. The van der Waals surface area contributed by atoms with E-state index in [4.69, 9.17) is 10.5 Å². The number of benzene rings is 2. The van der Waals surface area contributed by atoms with E-state index in [-0.39, 0.29) is 23.1 Å². The van der Waals surface area contributed by atoms with Gasteiger partial charge in [0.1, 0.15) is 5.56 Å². The zero-order chi connectivity index (χ0) is 19.6. The van der Waals surface area contributed by atoms with E-state index in [1.165, 1.54) is 10.8 Å². The van der Waals surface area contributed by atoms with Gasteiger partial charge in [0.15, 0.2) is 11.6 Å². The zero-order valence-electron chi connectivity index (χ0n) is 14.7. The zero-order valence-corrected chi connectivity index (χ0v) is 14.7. The quantitative estimate of drug-likeness (QED) is 0.551. The molecule has 0 aliphatic rings. The van der Waals surface area contributed by atoms with E-state index in [0.717, 1.165) is 11.6 Å². The highest BCUT2D eigenvalue weighted by Gasteiger charge is 2.21. The summed E-state index contributed by atoms with van der Waals surface area (Å²) in [5.74, 6) is -3.30. The number of anilines is 1. The number of nitrogens with two attached hydrogens (primary N) is 1. The second kappa shape index (κ2) is 7.57. The summed E-state index contributed by atoms with van der Waals surface area (Å²) in [6, 6.07) is 10.4. The molecule has 1 heterocycles. The van der Waals surface area contributed by atoms with Gasteiger partial charge in [0.05, 0.1) is 23.2 Å². The van der Waals surface area contributed by atoms with E-state index in [0.29, 0.717) is 13.0 Å². The van der Waals surface area contributed by atoms with Crippen molar-refractivity contribution in [3.63, 3.8) is 0 Å². The maximum Gasteiger partial charge on any atom is 0.343 e. The summed E-state index contributed by atoms with van der Waals surface area (Å²) in [5.41, 5.74) is 5.13. The van der Waals surface area contributed by atoms with E-state index in [1.807, 2.05) is 30.3 Å². The number of aromatic nitrogens is 1. The van der Waals surface area contributed by atoms with Crippen LogP contribution >= 0.6 is 0 Å². The molecule has 27 heavy (non-hydrogen) atoms. The van der Waals surface area contributed by atoms with Crippen molar-refractivity contribution in [2.75, 3.05) is 12.3 Å². The van der Waals surface area contributed by atoms with Crippen LogP contribution in [0.3, 0.4) is 0 Å². The van der Waals surface area contributed by atoms with Crippen molar-refractivity contribution < 1.29 is 18.3 Å². The Morgan fingerprint density at radius 3 is 2.59 bits per heavy atom. The van der Waals surface area contributed by atoms with Gasteiger partial charge in [0.2, 0.25) is 5.43 Å². The first-order chi connectivity index (χ1) is 12.9. The van der Waals surface area contributed by atoms with E-state index >= 15 is 0 Å². The lowest BCUT2D eigenvalue weighted by Gasteiger charge is -2.15. The SMILES string of the molecule is CCOC(=O)c1cn(CCc2ccccc2)c2cc(F)c(F)c(N)c2c1=O. The average Bonchev–Trinajstić information content (AvgIpc) is 2.66. The van der Waals surface area contributed by atoms with Gasteiger partial charge in [-0.2, -0.15) is 0 Å². The van der Waals surface area contributed by atoms with Gasteiger partial charge in [-0.15, -0.1) is 0 Å². The molecule has 0 radical (unpaired) electrons. The standard InChI is InChI=1S/C20H18F2N2O3/c1-2-27-20(26)13-11-24(9-8-12-6-4-3-5-7-12)15-10-14(21)17(22)18(23)16(15)19(13)25/h3-7,10-11H,2,8-9,23H2,1H3. The lowest BCUT2D eigenvalue weighted by Crippen LogP contribution is -2.23. The van der Waals surface area contributed by atoms with Crippen LogP contribution in [0.5, 0.6) is 0 Å². The number of hydrogen-bond acceptors (Lipinski definition) is 4. The Labute approximate surface area is 154 Å². The van der Waals surface area contributed by atoms with Crippen LogP contribution < -0.4 is 11.2 Å². The minimum Gasteiger partial charge on any atom is -0.462 e. The van der Waals surface area contributed by atoms with E-state index in [2.05, 4.69) is 0 Å². The Morgan fingerprint density at radius 1 is 1.22 bits per heavy atom. The molecule has 0 unspecified atom stereocenters. The molecule has 0 bridgehead atoms. The number of ether oxygens (including phenoxy) is 1. The number of rotatable bonds is 5. The largest absolute Gasteiger partial charge is 0.462 e. The second-order valence-corrected chi connectivity index (χ2v) is 6.00. The van der Waals surface area contributed by atoms with Crippen LogP contribution in [0.15, 0.2) is 47.4 Å². The molecule has 3 aromatic rings. The van der Waals surface area contributed by atoms with Gasteiger partial charge in [-0.1, -0.05) is 30.3 Å². The van der Waals surface area contributed by atoms with Crippen LogP contribution in [0.4, 0.5) is 14.5 Å². The monoisotopic (exact) mass is 372 g/mol. The molecule has 3 rings (SSSR count). The van der Waals surface area contributed by atoms with Crippen LogP contribution in [0.1, 0.15) is 22.8 Å².